The van der Waals surface area contributed by atoms with Crippen LogP contribution in [-0.4, -0.2) is 50.3 Å². The third-order valence-electron chi connectivity index (χ3n) is 5.73. The van der Waals surface area contributed by atoms with Crippen LogP contribution >= 0.6 is 11.8 Å². The van der Waals surface area contributed by atoms with Crippen LogP contribution in [0.25, 0.3) is 11.4 Å². The lowest BCUT2D eigenvalue weighted by Crippen LogP contribution is -2.42. The smallest absolute Gasteiger partial charge is 0.233 e. The topological polar surface area (TPSA) is 80.1 Å². The van der Waals surface area contributed by atoms with Crippen LogP contribution in [0.2, 0.25) is 0 Å². The number of para-hydroxylation sites is 1. The lowest BCUT2D eigenvalue weighted by Gasteiger charge is -2.31. The number of halogens is 1. The summed E-state index contributed by atoms with van der Waals surface area (Å²) in [6.07, 6.45) is 2.93. The van der Waals surface area contributed by atoms with Gasteiger partial charge in [-0.05, 0) is 37.1 Å². The summed E-state index contributed by atoms with van der Waals surface area (Å²) in [6, 6.07) is 15.8. The third-order valence-corrected chi connectivity index (χ3v) is 6.68. The van der Waals surface area contributed by atoms with E-state index in [1.165, 1.54) is 17.8 Å². The Balaban J connectivity index is 1.32. The molecule has 1 aromatic heterocycles. The van der Waals surface area contributed by atoms with Gasteiger partial charge in [-0.25, -0.2) is 4.39 Å². The van der Waals surface area contributed by atoms with Crippen molar-refractivity contribution >= 4 is 29.3 Å². The van der Waals surface area contributed by atoms with Crippen LogP contribution in [0.4, 0.5) is 10.1 Å². The molecule has 0 saturated carbocycles. The predicted octanol–water partition coefficient (Wildman–Crippen LogP) is 4.24. The van der Waals surface area contributed by atoms with Gasteiger partial charge in [-0.2, -0.15) is 0 Å². The van der Waals surface area contributed by atoms with Crippen molar-refractivity contribution in [1.82, 2.24) is 19.7 Å². The maximum absolute atomic E-state index is 14.3. The van der Waals surface area contributed by atoms with E-state index in [1.807, 2.05) is 30.3 Å². The fourth-order valence-corrected chi connectivity index (χ4v) is 4.76. The molecular formula is C25H26FN5O2S. The van der Waals surface area contributed by atoms with Crippen molar-refractivity contribution in [2.45, 2.75) is 24.5 Å². The summed E-state index contributed by atoms with van der Waals surface area (Å²) in [5, 5.41) is 11.8. The Bertz CT molecular complexity index is 1160. The first-order valence-corrected chi connectivity index (χ1v) is 12.1. The SMILES string of the molecule is C=CCn1c(SCC(=O)N2CCC(C(=O)Nc3ccccc3)CC2)nnc1-c1ccccc1F. The quantitative estimate of drug-likeness (QED) is 0.386. The first-order valence-electron chi connectivity index (χ1n) is 11.1. The second kappa shape index (κ2) is 11.1. The third kappa shape index (κ3) is 5.53. The number of nitrogens with zero attached hydrogens (tertiary/aromatic N) is 4. The van der Waals surface area contributed by atoms with E-state index >= 15 is 0 Å². The monoisotopic (exact) mass is 479 g/mol. The molecule has 7 nitrogen and oxygen atoms in total. The number of nitrogens with one attached hydrogen (secondary N) is 1. The molecule has 0 unspecified atom stereocenters. The molecule has 4 rings (SSSR count). The van der Waals surface area contributed by atoms with E-state index < -0.39 is 0 Å². The molecular weight excluding hydrogens is 453 g/mol. The van der Waals surface area contributed by atoms with E-state index in [1.54, 1.807) is 33.7 Å². The number of hydrogen-bond donors (Lipinski definition) is 1. The molecule has 9 heteroatoms. The molecule has 2 aromatic carbocycles. The van der Waals surface area contributed by atoms with Crippen LogP contribution in [0, 0.1) is 11.7 Å². The minimum Gasteiger partial charge on any atom is -0.342 e. The van der Waals surface area contributed by atoms with Gasteiger partial charge in [0.1, 0.15) is 5.82 Å². The van der Waals surface area contributed by atoms with Crippen LogP contribution in [0.5, 0.6) is 0 Å². The van der Waals surface area contributed by atoms with Gasteiger partial charge >= 0.3 is 0 Å². The number of rotatable bonds is 8. The zero-order valence-corrected chi connectivity index (χ0v) is 19.5. The number of amides is 2. The van der Waals surface area contributed by atoms with Gasteiger partial charge in [0, 0.05) is 31.2 Å². The molecule has 1 saturated heterocycles. The van der Waals surface area contributed by atoms with Crippen molar-refractivity contribution in [3.8, 4) is 11.4 Å². The molecule has 2 amide bonds. The summed E-state index contributed by atoms with van der Waals surface area (Å²) in [4.78, 5) is 27.1. The average molecular weight is 480 g/mol. The summed E-state index contributed by atoms with van der Waals surface area (Å²) >= 11 is 1.27. The largest absolute Gasteiger partial charge is 0.342 e. The highest BCUT2D eigenvalue weighted by Gasteiger charge is 2.28. The fraction of sp³-hybridized carbons (Fsp3) is 0.280. The molecule has 1 aliphatic rings. The van der Waals surface area contributed by atoms with E-state index in [2.05, 4.69) is 22.1 Å². The van der Waals surface area contributed by atoms with Gasteiger partial charge in [0.05, 0.1) is 11.3 Å². The number of thioether (sulfide) groups is 1. The summed E-state index contributed by atoms with van der Waals surface area (Å²) in [5.41, 5.74) is 1.13. The molecule has 0 radical (unpaired) electrons. The molecule has 1 aliphatic heterocycles. The van der Waals surface area contributed by atoms with Crippen LogP contribution < -0.4 is 5.32 Å². The Labute approximate surface area is 202 Å². The Hall–Kier alpha value is -3.46. The first kappa shape index (κ1) is 23.7. The molecule has 1 fully saturated rings. The normalized spacial score (nSPS) is 14.1. The Morgan fingerprint density at radius 3 is 2.50 bits per heavy atom. The molecule has 34 heavy (non-hydrogen) atoms. The summed E-state index contributed by atoms with van der Waals surface area (Å²) < 4.78 is 16.0. The van der Waals surface area contributed by atoms with Crippen LogP contribution in [0.3, 0.4) is 0 Å². The fourth-order valence-electron chi connectivity index (χ4n) is 3.91. The molecule has 0 aliphatic carbocycles. The van der Waals surface area contributed by atoms with E-state index in [-0.39, 0.29) is 29.3 Å². The molecule has 0 spiro atoms. The van der Waals surface area contributed by atoms with Crippen LogP contribution in [-0.2, 0) is 16.1 Å². The number of anilines is 1. The minimum absolute atomic E-state index is 0.00845. The summed E-state index contributed by atoms with van der Waals surface area (Å²) in [6.45, 7) is 5.23. The van der Waals surface area contributed by atoms with Crippen molar-refractivity contribution in [3.05, 3.63) is 73.1 Å². The number of benzene rings is 2. The molecule has 0 bridgehead atoms. The van der Waals surface area contributed by atoms with E-state index in [0.717, 1.165) is 5.69 Å². The number of piperidine rings is 1. The van der Waals surface area contributed by atoms with Gasteiger partial charge < -0.3 is 10.2 Å². The Kier molecular flexibility index (Phi) is 7.74. The maximum atomic E-state index is 14.3. The molecule has 2 heterocycles. The zero-order chi connectivity index (χ0) is 23.9. The molecule has 176 valence electrons. The maximum Gasteiger partial charge on any atom is 0.233 e. The first-order chi connectivity index (χ1) is 16.6. The minimum atomic E-state index is -0.382. The number of allylic oxidation sites excluding steroid dienone is 1. The lowest BCUT2D eigenvalue weighted by atomic mass is 9.96. The van der Waals surface area contributed by atoms with Gasteiger partial charge in [0.2, 0.25) is 11.8 Å². The van der Waals surface area contributed by atoms with Gasteiger partial charge in [0.25, 0.3) is 0 Å². The van der Waals surface area contributed by atoms with Gasteiger partial charge in [-0.1, -0.05) is 48.2 Å². The predicted molar refractivity (Wildman–Crippen MR) is 131 cm³/mol. The van der Waals surface area contributed by atoms with Crippen LogP contribution in [0.15, 0.2) is 72.4 Å². The second-order valence-electron chi connectivity index (χ2n) is 7.98. The van der Waals surface area contributed by atoms with Crippen molar-refractivity contribution in [3.63, 3.8) is 0 Å². The van der Waals surface area contributed by atoms with E-state index in [4.69, 9.17) is 0 Å². The van der Waals surface area contributed by atoms with E-state index in [9.17, 15) is 14.0 Å². The highest BCUT2D eigenvalue weighted by molar-refractivity contribution is 7.99. The number of hydrogen-bond acceptors (Lipinski definition) is 5. The molecule has 0 atom stereocenters. The van der Waals surface area contributed by atoms with Crippen molar-refractivity contribution in [2.24, 2.45) is 5.92 Å². The van der Waals surface area contributed by atoms with Gasteiger partial charge in [-0.3, -0.25) is 14.2 Å². The Morgan fingerprint density at radius 1 is 1.09 bits per heavy atom. The number of carbonyl (C=O) groups excluding carboxylic acids is 2. The molecule has 3 aromatic rings. The highest BCUT2D eigenvalue weighted by Crippen LogP contribution is 2.27. The van der Waals surface area contributed by atoms with E-state index in [0.29, 0.717) is 49.0 Å². The lowest BCUT2D eigenvalue weighted by molar-refractivity contribution is -0.132. The summed E-state index contributed by atoms with van der Waals surface area (Å²) in [5.74, 6) is 0.0625. The van der Waals surface area contributed by atoms with Crippen molar-refractivity contribution in [1.29, 1.82) is 0 Å². The van der Waals surface area contributed by atoms with Crippen LogP contribution in [0.1, 0.15) is 12.8 Å². The second-order valence-corrected chi connectivity index (χ2v) is 8.93. The molecule has 1 N–H and O–H groups in total. The number of aromatic nitrogens is 3. The standard InChI is InChI=1S/C25H26FN5O2S/c1-2-14-31-23(20-10-6-7-11-21(20)26)28-29-25(31)34-17-22(32)30-15-12-18(13-16-30)24(33)27-19-8-4-3-5-9-19/h2-11,18H,1,12-17H2,(H,27,33). The van der Waals surface area contributed by atoms with Crippen molar-refractivity contribution in [2.75, 3.05) is 24.2 Å². The number of carbonyl (C=O) groups is 2. The Morgan fingerprint density at radius 2 is 1.79 bits per heavy atom. The summed E-state index contributed by atoms with van der Waals surface area (Å²) in [7, 11) is 0. The highest BCUT2D eigenvalue weighted by atomic mass is 32.2. The van der Waals surface area contributed by atoms with Crippen molar-refractivity contribution < 1.29 is 14.0 Å². The number of likely N-dealkylation sites (tertiary alicyclic amines) is 1. The van der Waals surface area contributed by atoms with Gasteiger partial charge in [0.15, 0.2) is 11.0 Å². The zero-order valence-electron chi connectivity index (χ0n) is 18.7. The van der Waals surface area contributed by atoms with Gasteiger partial charge in [-0.15, -0.1) is 16.8 Å². The average Bonchev–Trinajstić information content (AvgIpc) is 3.26.